The van der Waals surface area contributed by atoms with Crippen molar-refractivity contribution in [2.45, 2.75) is 38.4 Å². The summed E-state index contributed by atoms with van der Waals surface area (Å²) in [6.45, 7) is 2.16. The van der Waals surface area contributed by atoms with Crippen LogP contribution in [0, 0.1) is 0 Å². The maximum atomic E-state index is 11.7. The molecule has 84 valence electrons. The first kappa shape index (κ1) is 13.7. The molecule has 0 fully saturated rings. The fourth-order valence-corrected chi connectivity index (χ4v) is 1.50. The van der Waals surface area contributed by atoms with Crippen molar-refractivity contribution in [3.05, 3.63) is 0 Å². The topological polar surface area (TPSA) is 26.3 Å². The molecule has 0 bridgehead atoms. The highest BCUT2D eigenvalue weighted by molar-refractivity contribution is 7.99. The molecule has 0 aliphatic carbocycles. The smallest absolute Gasteiger partial charge is 0.305 e. The Hall–Kier alpha value is -0.320. The molecule has 5 heteroatoms. The molecule has 0 aliphatic heterocycles. The van der Waals surface area contributed by atoms with Crippen LogP contribution in [0.2, 0.25) is 0 Å². The number of carbonyl (C=O) groups is 1. The van der Waals surface area contributed by atoms with Gasteiger partial charge in [-0.3, -0.25) is 4.79 Å². The first-order chi connectivity index (χ1) is 6.66. The van der Waals surface area contributed by atoms with E-state index in [2.05, 4.69) is 0 Å². The Morgan fingerprint density at radius 1 is 1.36 bits per heavy atom. The molecule has 0 amide bonds. The van der Waals surface area contributed by atoms with E-state index in [4.69, 9.17) is 4.74 Å². The van der Waals surface area contributed by atoms with Crippen LogP contribution >= 0.6 is 11.8 Å². The molecular formula is C9H16F2O2S. The molecule has 0 aliphatic rings. The van der Waals surface area contributed by atoms with E-state index in [1.54, 1.807) is 6.92 Å². The zero-order valence-electron chi connectivity index (χ0n) is 8.30. The lowest BCUT2D eigenvalue weighted by Crippen LogP contribution is -2.03. The largest absolute Gasteiger partial charge is 0.466 e. The van der Waals surface area contributed by atoms with Crippen molar-refractivity contribution in [2.24, 2.45) is 0 Å². The predicted octanol–water partition coefficient (Wildman–Crippen LogP) is 3.07. The summed E-state index contributed by atoms with van der Waals surface area (Å²) in [4.78, 5) is 10.8. The monoisotopic (exact) mass is 226 g/mol. The standard InChI is InChI=1S/C9H16F2O2S/c1-2-13-8(12)6-4-3-5-7-14-9(10)11/h9H,2-7H2,1H3. The third kappa shape index (κ3) is 9.77. The van der Waals surface area contributed by atoms with E-state index >= 15 is 0 Å². The van der Waals surface area contributed by atoms with E-state index in [0.29, 0.717) is 30.5 Å². The van der Waals surface area contributed by atoms with E-state index in [1.807, 2.05) is 0 Å². The van der Waals surface area contributed by atoms with Crippen LogP contribution in [0.25, 0.3) is 0 Å². The summed E-state index contributed by atoms with van der Waals surface area (Å²) < 4.78 is 28.0. The van der Waals surface area contributed by atoms with Gasteiger partial charge in [0.1, 0.15) is 0 Å². The normalized spacial score (nSPS) is 10.6. The van der Waals surface area contributed by atoms with Gasteiger partial charge in [0.25, 0.3) is 5.76 Å². The molecule has 0 spiro atoms. The lowest BCUT2D eigenvalue weighted by Gasteiger charge is -2.01. The fourth-order valence-electron chi connectivity index (χ4n) is 0.954. The number of carbonyl (C=O) groups excluding carboxylic acids is 1. The first-order valence-electron chi connectivity index (χ1n) is 4.72. The van der Waals surface area contributed by atoms with Crippen molar-refractivity contribution in [1.82, 2.24) is 0 Å². The van der Waals surface area contributed by atoms with Crippen LogP contribution in [0.1, 0.15) is 32.6 Å². The van der Waals surface area contributed by atoms with Crippen molar-refractivity contribution >= 4 is 17.7 Å². The number of hydrogen-bond donors (Lipinski definition) is 0. The Morgan fingerprint density at radius 3 is 2.64 bits per heavy atom. The number of esters is 1. The molecule has 0 aromatic carbocycles. The van der Waals surface area contributed by atoms with Crippen molar-refractivity contribution in [3.63, 3.8) is 0 Å². The summed E-state index contributed by atoms with van der Waals surface area (Å²) >= 11 is 0.651. The van der Waals surface area contributed by atoms with Crippen LogP contribution in [-0.2, 0) is 9.53 Å². The molecule has 0 aromatic heterocycles. The second-order valence-corrected chi connectivity index (χ2v) is 3.85. The maximum absolute atomic E-state index is 11.7. The third-order valence-electron chi connectivity index (χ3n) is 1.57. The molecule has 14 heavy (non-hydrogen) atoms. The fraction of sp³-hybridized carbons (Fsp3) is 0.889. The highest BCUT2D eigenvalue weighted by Gasteiger charge is 2.03. The molecule has 0 radical (unpaired) electrons. The second-order valence-electron chi connectivity index (χ2n) is 2.75. The molecule has 0 saturated carbocycles. The second kappa shape index (κ2) is 9.24. The minimum atomic E-state index is -2.28. The summed E-state index contributed by atoms with van der Waals surface area (Å²) in [7, 11) is 0. The van der Waals surface area contributed by atoms with Crippen LogP contribution in [0.5, 0.6) is 0 Å². The highest BCUT2D eigenvalue weighted by Crippen LogP contribution is 2.15. The lowest BCUT2D eigenvalue weighted by atomic mass is 10.2. The van der Waals surface area contributed by atoms with Gasteiger partial charge in [-0.05, 0) is 25.5 Å². The maximum Gasteiger partial charge on any atom is 0.305 e. The molecule has 0 aromatic rings. The van der Waals surface area contributed by atoms with E-state index in [1.165, 1.54) is 0 Å². The van der Waals surface area contributed by atoms with E-state index in [9.17, 15) is 13.6 Å². The molecular weight excluding hydrogens is 210 g/mol. The van der Waals surface area contributed by atoms with Gasteiger partial charge in [0.15, 0.2) is 0 Å². The molecule has 0 N–H and O–H groups in total. The van der Waals surface area contributed by atoms with Gasteiger partial charge in [0, 0.05) is 6.42 Å². The van der Waals surface area contributed by atoms with Crippen molar-refractivity contribution in [3.8, 4) is 0 Å². The molecule has 0 saturated heterocycles. The molecule has 0 unspecified atom stereocenters. The first-order valence-corrected chi connectivity index (χ1v) is 5.77. The minimum absolute atomic E-state index is 0.200. The summed E-state index contributed by atoms with van der Waals surface area (Å²) in [5.74, 6) is -2.02. The SMILES string of the molecule is CCOC(=O)CCCCCSC(F)F. The van der Waals surface area contributed by atoms with Crippen molar-refractivity contribution in [1.29, 1.82) is 0 Å². The zero-order chi connectivity index (χ0) is 10.8. The predicted molar refractivity (Wildman–Crippen MR) is 53.6 cm³/mol. The van der Waals surface area contributed by atoms with Crippen LogP contribution < -0.4 is 0 Å². The summed E-state index contributed by atoms with van der Waals surface area (Å²) in [6.07, 6.45) is 2.66. The zero-order valence-corrected chi connectivity index (χ0v) is 9.12. The number of ether oxygens (including phenoxy) is 1. The highest BCUT2D eigenvalue weighted by atomic mass is 32.2. The number of halogens is 2. The van der Waals surface area contributed by atoms with Crippen LogP contribution in [0.4, 0.5) is 8.78 Å². The van der Waals surface area contributed by atoms with Crippen molar-refractivity contribution < 1.29 is 18.3 Å². The number of hydrogen-bond acceptors (Lipinski definition) is 3. The van der Waals surface area contributed by atoms with Gasteiger partial charge < -0.3 is 4.74 Å². The summed E-state index contributed by atoms with van der Waals surface area (Å²) in [5.41, 5.74) is 0. The van der Waals surface area contributed by atoms with Gasteiger partial charge in [-0.25, -0.2) is 0 Å². The van der Waals surface area contributed by atoms with E-state index in [-0.39, 0.29) is 5.97 Å². The van der Waals surface area contributed by atoms with Gasteiger partial charge in [-0.1, -0.05) is 18.2 Å². The average Bonchev–Trinajstić information content (AvgIpc) is 2.11. The molecule has 0 heterocycles. The van der Waals surface area contributed by atoms with E-state index in [0.717, 1.165) is 19.3 Å². The van der Waals surface area contributed by atoms with Gasteiger partial charge >= 0.3 is 5.97 Å². The van der Waals surface area contributed by atoms with Crippen LogP contribution in [-0.4, -0.2) is 24.1 Å². The number of thioether (sulfide) groups is 1. The quantitative estimate of drug-likeness (QED) is 0.470. The van der Waals surface area contributed by atoms with Gasteiger partial charge in [-0.15, -0.1) is 0 Å². The summed E-state index contributed by atoms with van der Waals surface area (Å²) in [6, 6.07) is 0. The van der Waals surface area contributed by atoms with E-state index < -0.39 is 5.76 Å². The van der Waals surface area contributed by atoms with Gasteiger partial charge in [0.05, 0.1) is 6.61 Å². The number of rotatable bonds is 8. The average molecular weight is 226 g/mol. The Labute approximate surface area is 87.4 Å². The Kier molecular flexibility index (Phi) is 9.03. The summed E-state index contributed by atoms with van der Waals surface area (Å²) in [5, 5.41) is 0. The lowest BCUT2D eigenvalue weighted by molar-refractivity contribution is -0.143. The Bertz CT molecular complexity index is 154. The van der Waals surface area contributed by atoms with Gasteiger partial charge in [0.2, 0.25) is 0 Å². The molecule has 0 rings (SSSR count). The Balaban J connectivity index is 3.09. The van der Waals surface area contributed by atoms with Crippen LogP contribution in [0.3, 0.4) is 0 Å². The van der Waals surface area contributed by atoms with Gasteiger partial charge in [-0.2, -0.15) is 8.78 Å². The number of alkyl halides is 2. The number of unbranched alkanes of at least 4 members (excludes halogenated alkanes) is 2. The third-order valence-corrected chi connectivity index (χ3v) is 2.35. The minimum Gasteiger partial charge on any atom is -0.466 e. The Morgan fingerprint density at radius 2 is 2.07 bits per heavy atom. The molecule has 2 nitrogen and oxygen atoms in total. The van der Waals surface area contributed by atoms with Crippen molar-refractivity contribution in [2.75, 3.05) is 12.4 Å². The molecule has 0 atom stereocenters. The van der Waals surface area contributed by atoms with Crippen LogP contribution in [0.15, 0.2) is 0 Å².